The summed E-state index contributed by atoms with van der Waals surface area (Å²) in [5.74, 6) is 1.94. The number of fused-ring (bicyclic) bond motifs is 2. The molecule has 0 spiro atoms. The summed E-state index contributed by atoms with van der Waals surface area (Å²) < 4.78 is 26.7. The van der Waals surface area contributed by atoms with Crippen LogP contribution in [-0.4, -0.2) is 38.8 Å². The predicted octanol–water partition coefficient (Wildman–Crippen LogP) is 3.91. The summed E-state index contributed by atoms with van der Waals surface area (Å²) in [5.41, 5.74) is 5.47. The summed E-state index contributed by atoms with van der Waals surface area (Å²) in [7, 11) is 4.96. The molecular weight excluding hydrogens is 372 g/mol. The Kier molecular flexibility index (Phi) is 7.00. The van der Waals surface area contributed by atoms with Crippen LogP contribution in [0, 0.1) is 6.92 Å². The van der Waals surface area contributed by atoms with E-state index in [0.29, 0.717) is 19.0 Å². The van der Waals surface area contributed by atoms with E-state index in [4.69, 9.17) is 23.7 Å². The first-order valence-electron chi connectivity index (χ1n) is 9.76. The predicted molar refractivity (Wildman–Crippen MR) is 110 cm³/mol. The molecule has 0 radical (unpaired) electrons. The third-order valence-electron chi connectivity index (χ3n) is 5.41. The average molecular weight is 402 g/mol. The molecule has 2 aliphatic rings. The van der Waals surface area contributed by atoms with Crippen LogP contribution in [0.2, 0.25) is 0 Å². The second kappa shape index (κ2) is 9.48. The van der Waals surface area contributed by atoms with Gasteiger partial charge in [-0.05, 0) is 55.2 Å². The Balaban J connectivity index is 0.000000166. The van der Waals surface area contributed by atoms with Gasteiger partial charge >= 0.3 is 0 Å². The van der Waals surface area contributed by atoms with Crippen LogP contribution in [0.15, 0.2) is 24.3 Å². The van der Waals surface area contributed by atoms with Crippen LogP contribution >= 0.6 is 0 Å². The lowest BCUT2D eigenvalue weighted by atomic mass is 9.96. The third-order valence-corrected chi connectivity index (χ3v) is 5.41. The molecule has 2 aliphatic heterocycles. The lowest BCUT2D eigenvalue weighted by Gasteiger charge is -2.25. The second-order valence-corrected chi connectivity index (χ2v) is 7.33. The van der Waals surface area contributed by atoms with Crippen LogP contribution in [0.5, 0.6) is 17.2 Å². The second-order valence-electron chi connectivity index (χ2n) is 7.33. The van der Waals surface area contributed by atoms with Gasteiger partial charge in [0.25, 0.3) is 0 Å². The zero-order chi connectivity index (χ0) is 21.0. The number of hydrogen-bond acceptors (Lipinski definition) is 6. The highest BCUT2D eigenvalue weighted by Crippen LogP contribution is 2.37. The van der Waals surface area contributed by atoms with Gasteiger partial charge in [0.05, 0.1) is 33.5 Å². The summed E-state index contributed by atoms with van der Waals surface area (Å²) >= 11 is 0. The number of ether oxygens (including phenoxy) is 5. The van der Waals surface area contributed by atoms with Gasteiger partial charge in [0.15, 0.2) is 6.29 Å². The molecule has 2 unspecified atom stereocenters. The molecule has 0 fully saturated rings. The lowest BCUT2D eigenvalue weighted by Crippen LogP contribution is -2.23. The van der Waals surface area contributed by atoms with Crippen molar-refractivity contribution in [2.24, 2.45) is 0 Å². The fraction of sp³-hybridized carbons (Fsp3) is 0.478. The zero-order valence-electron chi connectivity index (χ0n) is 17.8. The number of hydrogen-bond donors (Lipinski definition) is 1. The maximum absolute atomic E-state index is 9.75. The van der Waals surface area contributed by atoms with Crippen LogP contribution in [0.1, 0.15) is 34.7 Å². The Morgan fingerprint density at radius 2 is 1.72 bits per heavy atom. The van der Waals surface area contributed by atoms with E-state index in [1.807, 2.05) is 32.0 Å². The van der Waals surface area contributed by atoms with Gasteiger partial charge in [0.1, 0.15) is 17.2 Å². The molecule has 0 bridgehead atoms. The summed E-state index contributed by atoms with van der Waals surface area (Å²) in [4.78, 5) is 0. The Hall–Kier alpha value is -2.28. The van der Waals surface area contributed by atoms with E-state index in [9.17, 15) is 5.11 Å². The Morgan fingerprint density at radius 1 is 0.931 bits per heavy atom. The fourth-order valence-corrected chi connectivity index (χ4v) is 3.70. The molecule has 2 aromatic rings. The van der Waals surface area contributed by atoms with E-state index in [-0.39, 0.29) is 12.4 Å². The largest absolute Gasteiger partial charge is 0.508 e. The van der Waals surface area contributed by atoms with E-state index >= 15 is 0 Å². The van der Waals surface area contributed by atoms with Crippen molar-refractivity contribution in [3.05, 3.63) is 52.1 Å². The van der Waals surface area contributed by atoms with Gasteiger partial charge in [-0.1, -0.05) is 6.07 Å². The van der Waals surface area contributed by atoms with E-state index in [1.54, 1.807) is 21.3 Å². The summed E-state index contributed by atoms with van der Waals surface area (Å²) in [6.45, 7) is 5.06. The maximum atomic E-state index is 9.75. The van der Waals surface area contributed by atoms with Crippen molar-refractivity contribution in [2.45, 2.75) is 52.3 Å². The SMILES string of the molecule is COc1c(C)c(O)cc2c1COC(C)C2.COc1ccc2c(c1)COC(OC)C2. The molecule has 2 aromatic carbocycles. The highest BCUT2D eigenvalue weighted by Gasteiger charge is 2.22. The van der Waals surface area contributed by atoms with Crippen LogP contribution in [-0.2, 0) is 40.3 Å². The number of methoxy groups -OCH3 is 3. The summed E-state index contributed by atoms with van der Waals surface area (Å²) in [5, 5.41) is 9.75. The van der Waals surface area contributed by atoms with Gasteiger partial charge in [0, 0.05) is 24.7 Å². The van der Waals surface area contributed by atoms with Gasteiger partial charge in [-0.2, -0.15) is 0 Å². The average Bonchev–Trinajstić information content (AvgIpc) is 2.74. The first-order chi connectivity index (χ1) is 14.0. The van der Waals surface area contributed by atoms with Crippen molar-refractivity contribution >= 4 is 0 Å². The van der Waals surface area contributed by atoms with Crippen LogP contribution in [0.3, 0.4) is 0 Å². The fourth-order valence-electron chi connectivity index (χ4n) is 3.70. The first-order valence-corrected chi connectivity index (χ1v) is 9.76. The maximum Gasteiger partial charge on any atom is 0.161 e. The molecule has 6 heteroatoms. The standard InChI is InChI=1S/C12H16O3.C11H14O3/c1-7-4-9-5-11(13)8(2)12(14-3)10(9)6-15-7;1-12-10-4-3-8-6-11(13-2)14-7-9(8)5-10/h5,7,13H,4,6H2,1-3H3;3-5,11H,6-7H2,1-2H3. The smallest absolute Gasteiger partial charge is 0.161 e. The molecule has 4 rings (SSSR count). The number of phenolic OH excluding ortho intramolecular Hbond substituents is 1. The van der Waals surface area contributed by atoms with Crippen molar-refractivity contribution in [3.8, 4) is 17.2 Å². The Bertz CT molecular complexity index is 848. The molecule has 1 N–H and O–H groups in total. The van der Waals surface area contributed by atoms with Crippen molar-refractivity contribution in [3.63, 3.8) is 0 Å². The lowest BCUT2D eigenvalue weighted by molar-refractivity contribution is -0.137. The van der Waals surface area contributed by atoms with Crippen molar-refractivity contribution in [1.82, 2.24) is 0 Å². The number of rotatable bonds is 3. The minimum Gasteiger partial charge on any atom is -0.508 e. The summed E-state index contributed by atoms with van der Waals surface area (Å²) in [6.07, 6.45) is 1.76. The van der Waals surface area contributed by atoms with E-state index in [0.717, 1.165) is 41.0 Å². The number of benzene rings is 2. The molecule has 0 aliphatic carbocycles. The molecule has 0 saturated carbocycles. The van der Waals surface area contributed by atoms with E-state index in [2.05, 4.69) is 6.07 Å². The van der Waals surface area contributed by atoms with E-state index < -0.39 is 0 Å². The van der Waals surface area contributed by atoms with Crippen molar-refractivity contribution < 1.29 is 28.8 Å². The zero-order valence-corrected chi connectivity index (χ0v) is 17.8. The third kappa shape index (κ3) is 4.83. The molecule has 29 heavy (non-hydrogen) atoms. The molecule has 158 valence electrons. The van der Waals surface area contributed by atoms with Crippen molar-refractivity contribution in [2.75, 3.05) is 21.3 Å². The molecule has 0 amide bonds. The Labute approximate surface area is 172 Å². The van der Waals surface area contributed by atoms with Gasteiger partial charge in [-0.3, -0.25) is 0 Å². The Morgan fingerprint density at radius 3 is 2.41 bits per heavy atom. The number of phenols is 1. The molecular formula is C23H30O6. The van der Waals surface area contributed by atoms with E-state index in [1.165, 1.54) is 11.1 Å². The minimum absolute atomic E-state index is 0.101. The highest BCUT2D eigenvalue weighted by atomic mass is 16.7. The van der Waals surface area contributed by atoms with Crippen LogP contribution in [0.4, 0.5) is 0 Å². The van der Waals surface area contributed by atoms with Gasteiger partial charge < -0.3 is 28.8 Å². The quantitative estimate of drug-likeness (QED) is 0.840. The van der Waals surface area contributed by atoms with Gasteiger partial charge in [-0.15, -0.1) is 0 Å². The molecule has 2 atom stereocenters. The highest BCUT2D eigenvalue weighted by molar-refractivity contribution is 5.53. The number of aromatic hydroxyl groups is 1. The van der Waals surface area contributed by atoms with Crippen LogP contribution < -0.4 is 9.47 Å². The molecule has 6 nitrogen and oxygen atoms in total. The minimum atomic E-state index is -0.101. The molecule has 0 aromatic heterocycles. The monoisotopic (exact) mass is 402 g/mol. The molecule has 0 saturated heterocycles. The van der Waals surface area contributed by atoms with Crippen molar-refractivity contribution in [1.29, 1.82) is 0 Å². The van der Waals surface area contributed by atoms with Gasteiger partial charge in [-0.25, -0.2) is 0 Å². The summed E-state index contributed by atoms with van der Waals surface area (Å²) in [6, 6.07) is 7.88. The van der Waals surface area contributed by atoms with Crippen LogP contribution in [0.25, 0.3) is 0 Å². The first kappa shape index (κ1) is 21.4. The topological polar surface area (TPSA) is 66.4 Å². The normalized spacial score (nSPS) is 20.0. The molecule has 2 heterocycles. The van der Waals surface area contributed by atoms with Gasteiger partial charge in [0.2, 0.25) is 0 Å².